The number of carbonyl (C=O) groups is 1. The average molecular weight is 208 g/mol. The first-order valence-electron chi connectivity index (χ1n) is 5.40. The van der Waals surface area contributed by atoms with Crippen LogP contribution < -0.4 is 0 Å². The van der Waals surface area contributed by atoms with E-state index in [0.29, 0.717) is 13.2 Å². The van der Waals surface area contributed by atoms with E-state index in [1.165, 1.54) is 0 Å². The lowest BCUT2D eigenvalue weighted by atomic mass is 10.2. The minimum absolute atomic E-state index is 0.0105. The Bertz CT molecular complexity index is 244. The third kappa shape index (κ3) is 6.86. The van der Waals surface area contributed by atoms with Crippen LogP contribution in [-0.2, 0) is 16.1 Å². The van der Waals surface area contributed by atoms with E-state index in [-0.39, 0.29) is 5.92 Å². The fourth-order valence-corrected chi connectivity index (χ4v) is 0.976. The maximum atomic E-state index is 10.3. The lowest BCUT2D eigenvalue weighted by Gasteiger charge is -2.05. The highest BCUT2D eigenvalue weighted by molar-refractivity contribution is 5.52. The van der Waals surface area contributed by atoms with E-state index in [1.807, 2.05) is 51.1 Å². The van der Waals surface area contributed by atoms with Gasteiger partial charge < -0.3 is 9.53 Å². The Hall–Kier alpha value is -1.15. The topological polar surface area (TPSA) is 26.3 Å². The number of ether oxygens (including phenoxy) is 1. The summed E-state index contributed by atoms with van der Waals surface area (Å²) in [4.78, 5) is 10.3. The first-order chi connectivity index (χ1) is 7.33. The van der Waals surface area contributed by atoms with E-state index < -0.39 is 0 Å². The molecule has 0 amide bonds. The molecule has 0 N–H and O–H groups in total. The van der Waals surface area contributed by atoms with Gasteiger partial charge in [-0.2, -0.15) is 0 Å². The van der Waals surface area contributed by atoms with Crippen LogP contribution in [0.3, 0.4) is 0 Å². The number of carbonyl (C=O) groups excluding carboxylic acids is 1. The Morgan fingerprint density at radius 3 is 2.40 bits per heavy atom. The van der Waals surface area contributed by atoms with Crippen LogP contribution in [0, 0.1) is 5.92 Å². The van der Waals surface area contributed by atoms with Gasteiger partial charge in [-0.15, -0.1) is 0 Å². The van der Waals surface area contributed by atoms with Crippen molar-refractivity contribution in [3.8, 4) is 0 Å². The SMILES string of the molecule is CC.C[C@H](C=O)COCc1ccccc1. The summed E-state index contributed by atoms with van der Waals surface area (Å²) >= 11 is 0. The van der Waals surface area contributed by atoms with E-state index in [4.69, 9.17) is 4.74 Å². The van der Waals surface area contributed by atoms with Crippen molar-refractivity contribution in [2.75, 3.05) is 6.61 Å². The van der Waals surface area contributed by atoms with Gasteiger partial charge in [0.1, 0.15) is 6.29 Å². The molecule has 15 heavy (non-hydrogen) atoms. The van der Waals surface area contributed by atoms with Crippen molar-refractivity contribution >= 4 is 6.29 Å². The smallest absolute Gasteiger partial charge is 0.125 e. The monoisotopic (exact) mass is 208 g/mol. The molecular weight excluding hydrogens is 188 g/mol. The van der Waals surface area contributed by atoms with Gasteiger partial charge >= 0.3 is 0 Å². The molecule has 0 radical (unpaired) electrons. The highest BCUT2D eigenvalue weighted by Gasteiger charge is 1.98. The quantitative estimate of drug-likeness (QED) is 0.695. The summed E-state index contributed by atoms with van der Waals surface area (Å²) in [6.45, 7) is 6.93. The number of hydrogen-bond acceptors (Lipinski definition) is 2. The highest BCUT2D eigenvalue weighted by Crippen LogP contribution is 2.01. The molecule has 0 saturated carbocycles. The molecule has 84 valence electrons. The van der Waals surface area contributed by atoms with Gasteiger partial charge in [0.05, 0.1) is 13.2 Å². The fraction of sp³-hybridized carbons (Fsp3) is 0.462. The van der Waals surface area contributed by atoms with Crippen LogP contribution in [0.1, 0.15) is 26.3 Å². The van der Waals surface area contributed by atoms with Crippen LogP contribution >= 0.6 is 0 Å². The zero-order valence-corrected chi connectivity index (χ0v) is 9.77. The summed E-state index contributed by atoms with van der Waals surface area (Å²) in [5.74, 6) is -0.0105. The third-order valence-corrected chi connectivity index (χ3v) is 1.72. The molecular formula is C13H20O2. The molecule has 0 fully saturated rings. The van der Waals surface area contributed by atoms with Gasteiger partial charge in [0.15, 0.2) is 0 Å². The van der Waals surface area contributed by atoms with Crippen molar-refractivity contribution in [3.05, 3.63) is 35.9 Å². The summed E-state index contributed by atoms with van der Waals surface area (Å²) in [5, 5.41) is 0. The minimum Gasteiger partial charge on any atom is -0.376 e. The van der Waals surface area contributed by atoms with Gasteiger partial charge in [0.2, 0.25) is 0 Å². The molecule has 0 aliphatic rings. The molecule has 0 aromatic heterocycles. The van der Waals surface area contributed by atoms with Crippen molar-refractivity contribution in [2.45, 2.75) is 27.4 Å². The Labute approximate surface area is 92.3 Å². The summed E-state index contributed by atoms with van der Waals surface area (Å²) in [7, 11) is 0. The number of benzene rings is 1. The maximum absolute atomic E-state index is 10.3. The van der Waals surface area contributed by atoms with E-state index in [9.17, 15) is 4.79 Å². The predicted molar refractivity (Wildman–Crippen MR) is 62.7 cm³/mol. The Morgan fingerprint density at radius 2 is 1.87 bits per heavy atom. The van der Waals surface area contributed by atoms with Gasteiger partial charge in [-0.1, -0.05) is 51.1 Å². The lowest BCUT2D eigenvalue weighted by Crippen LogP contribution is -2.06. The molecule has 0 spiro atoms. The lowest BCUT2D eigenvalue weighted by molar-refractivity contribution is -0.112. The molecule has 0 heterocycles. The molecule has 1 rings (SSSR count). The molecule has 2 heteroatoms. The largest absolute Gasteiger partial charge is 0.376 e. The first-order valence-corrected chi connectivity index (χ1v) is 5.40. The fourth-order valence-electron chi connectivity index (χ4n) is 0.976. The van der Waals surface area contributed by atoms with E-state index in [2.05, 4.69) is 0 Å². The van der Waals surface area contributed by atoms with Crippen molar-refractivity contribution < 1.29 is 9.53 Å². The highest BCUT2D eigenvalue weighted by atomic mass is 16.5. The average Bonchev–Trinajstić information content (AvgIpc) is 2.33. The summed E-state index contributed by atoms with van der Waals surface area (Å²) < 4.78 is 5.34. The predicted octanol–water partition coefficient (Wildman–Crippen LogP) is 3.06. The van der Waals surface area contributed by atoms with Crippen LogP contribution in [0.15, 0.2) is 30.3 Å². The van der Waals surface area contributed by atoms with Crippen LogP contribution in [0.4, 0.5) is 0 Å². The van der Waals surface area contributed by atoms with Crippen molar-refractivity contribution in [2.24, 2.45) is 5.92 Å². The molecule has 1 atom stereocenters. The van der Waals surface area contributed by atoms with Gasteiger partial charge in [-0.05, 0) is 5.56 Å². The summed E-state index contributed by atoms with van der Waals surface area (Å²) in [6, 6.07) is 9.93. The second-order valence-electron chi connectivity index (χ2n) is 3.11. The van der Waals surface area contributed by atoms with Crippen molar-refractivity contribution in [3.63, 3.8) is 0 Å². The van der Waals surface area contributed by atoms with Crippen molar-refractivity contribution in [1.29, 1.82) is 0 Å². The van der Waals surface area contributed by atoms with E-state index in [0.717, 1.165) is 11.8 Å². The Kier molecular flexibility index (Phi) is 8.69. The second-order valence-corrected chi connectivity index (χ2v) is 3.11. The van der Waals surface area contributed by atoms with Gasteiger partial charge in [-0.3, -0.25) is 0 Å². The molecule has 0 aliphatic heterocycles. The molecule has 0 saturated heterocycles. The van der Waals surface area contributed by atoms with Gasteiger partial charge in [-0.25, -0.2) is 0 Å². The second kappa shape index (κ2) is 9.41. The Balaban J connectivity index is 0.000000921. The van der Waals surface area contributed by atoms with Gasteiger partial charge in [0, 0.05) is 5.92 Å². The van der Waals surface area contributed by atoms with E-state index in [1.54, 1.807) is 0 Å². The summed E-state index contributed by atoms with van der Waals surface area (Å²) in [5.41, 5.74) is 1.14. The minimum atomic E-state index is -0.0105. The molecule has 0 unspecified atom stereocenters. The zero-order valence-electron chi connectivity index (χ0n) is 9.77. The summed E-state index contributed by atoms with van der Waals surface area (Å²) in [6.07, 6.45) is 0.908. The molecule has 0 aliphatic carbocycles. The number of aldehydes is 1. The van der Waals surface area contributed by atoms with Crippen LogP contribution in [0.5, 0.6) is 0 Å². The molecule has 1 aromatic carbocycles. The van der Waals surface area contributed by atoms with Crippen molar-refractivity contribution in [1.82, 2.24) is 0 Å². The van der Waals surface area contributed by atoms with Gasteiger partial charge in [0.25, 0.3) is 0 Å². The molecule has 0 bridgehead atoms. The van der Waals surface area contributed by atoms with Crippen LogP contribution in [-0.4, -0.2) is 12.9 Å². The van der Waals surface area contributed by atoms with E-state index >= 15 is 0 Å². The number of hydrogen-bond donors (Lipinski definition) is 0. The maximum Gasteiger partial charge on any atom is 0.125 e. The first kappa shape index (κ1) is 13.8. The molecule has 1 aromatic rings. The van der Waals surface area contributed by atoms with Crippen LogP contribution in [0.25, 0.3) is 0 Å². The third-order valence-electron chi connectivity index (χ3n) is 1.72. The zero-order chi connectivity index (χ0) is 11.5. The normalized spacial score (nSPS) is 11.1. The molecule has 2 nitrogen and oxygen atoms in total. The Morgan fingerprint density at radius 1 is 1.27 bits per heavy atom. The number of rotatable bonds is 5. The van der Waals surface area contributed by atoms with Crippen LogP contribution in [0.2, 0.25) is 0 Å². The standard InChI is InChI=1S/C11H14O2.C2H6/c1-10(7-12)8-13-9-11-5-3-2-4-6-11;1-2/h2-7,10H,8-9H2,1H3;1-2H3/t10-;/m1./s1.